The Balaban J connectivity index is 0.00000208. The average molecular weight is 345 g/mol. The Kier molecular flexibility index (Phi) is 6.23. The second-order valence-electron chi connectivity index (χ2n) is 5.85. The molecule has 1 atom stereocenters. The van der Waals surface area contributed by atoms with Gasteiger partial charge in [0.15, 0.2) is 0 Å². The molecule has 1 unspecified atom stereocenters. The lowest BCUT2D eigenvalue weighted by atomic mass is 10.1. The lowest BCUT2D eigenvalue weighted by Gasteiger charge is -2.12. The van der Waals surface area contributed by atoms with Gasteiger partial charge in [0.1, 0.15) is 0 Å². The molecule has 1 aromatic heterocycles. The van der Waals surface area contributed by atoms with Crippen LogP contribution in [0.1, 0.15) is 31.4 Å². The van der Waals surface area contributed by atoms with E-state index in [4.69, 9.17) is 5.41 Å². The normalized spacial score (nSPS) is 12.1. The molecule has 5 heteroatoms. The Labute approximate surface area is 148 Å². The summed E-state index contributed by atoms with van der Waals surface area (Å²) in [5.41, 5.74) is 3.40. The number of hydrogen-bond acceptors (Lipinski definition) is 2. The number of para-hydroxylation sites is 2. The van der Waals surface area contributed by atoms with Crippen LogP contribution in [0.2, 0.25) is 0 Å². The number of benzene rings is 2. The molecule has 0 bridgehead atoms. The first-order chi connectivity index (χ1) is 11.2. The molecular weight excluding hydrogens is 322 g/mol. The van der Waals surface area contributed by atoms with E-state index in [9.17, 15) is 5.11 Å². The van der Waals surface area contributed by atoms with Crippen molar-refractivity contribution in [3.05, 3.63) is 65.8 Å². The number of fused-ring (bicyclic) bond motifs is 1. The number of hydrogen-bond donors (Lipinski definition) is 2. The van der Waals surface area contributed by atoms with Gasteiger partial charge in [-0.1, -0.05) is 55.8 Å². The summed E-state index contributed by atoms with van der Waals surface area (Å²) < 4.78 is 3.94. The molecule has 24 heavy (non-hydrogen) atoms. The summed E-state index contributed by atoms with van der Waals surface area (Å²) in [6.45, 7) is 3.38. The quantitative estimate of drug-likeness (QED) is 0.670. The third kappa shape index (κ3) is 3.55. The van der Waals surface area contributed by atoms with Crippen LogP contribution < -0.4 is 18.0 Å². The van der Waals surface area contributed by atoms with E-state index in [1.165, 1.54) is 0 Å². The Hall–Kier alpha value is -2.04. The van der Waals surface area contributed by atoms with Gasteiger partial charge in [0.25, 0.3) is 0 Å². The lowest BCUT2D eigenvalue weighted by Crippen LogP contribution is -3.00. The van der Waals surface area contributed by atoms with Crippen molar-refractivity contribution in [2.75, 3.05) is 0 Å². The van der Waals surface area contributed by atoms with Crippen molar-refractivity contribution in [3.8, 4) is 0 Å². The second-order valence-corrected chi connectivity index (χ2v) is 5.85. The average Bonchev–Trinajstić information content (AvgIpc) is 2.86. The van der Waals surface area contributed by atoms with Crippen LogP contribution in [-0.2, 0) is 13.1 Å². The van der Waals surface area contributed by atoms with Crippen LogP contribution in [0.3, 0.4) is 0 Å². The first-order valence-corrected chi connectivity index (χ1v) is 8.18. The third-order valence-corrected chi connectivity index (χ3v) is 4.25. The smallest absolute Gasteiger partial charge is 0.203 e. The number of aliphatic hydroxyl groups excluding tert-OH is 1. The second kappa shape index (κ2) is 8.18. The largest absolute Gasteiger partial charge is 1.00 e. The maximum Gasteiger partial charge on any atom is 0.203 e. The molecule has 3 aromatic rings. The van der Waals surface area contributed by atoms with Gasteiger partial charge in [-0.05, 0) is 24.1 Å². The third-order valence-electron chi connectivity index (χ3n) is 4.25. The summed E-state index contributed by atoms with van der Waals surface area (Å²) in [5, 5.41) is 19.1. The highest BCUT2D eigenvalue weighted by atomic mass is 35.5. The van der Waals surface area contributed by atoms with Crippen molar-refractivity contribution in [1.29, 1.82) is 5.41 Å². The fourth-order valence-electron chi connectivity index (χ4n) is 2.98. The van der Waals surface area contributed by atoms with E-state index in [1.807, 2.05) is 57.7 Å². The molecule has 0 saturated heterocycles. The Morgan fingerprint density at radius 1 is 0.958 bits per heavy atom. The van der Waals surface area contributed by atoms with E-state index < -0.39 is 6.10 Å². The van der Waals surface area contributed by atoms with Gasteiger partial charge in [-0.15, -0.1) is 0 Å². The maximum atomic E-state index is 10.5. The summed E-state index contributed by atoms with van der Waals surface area (Å²) in [7, 11) is 0. The predicted molar refractivity (Wildman–Crippen MR) is 92.1 cm³/mol. The summed E-state index contributed by atoms with van der Waals surface area (Å²) in [4.78, 5) is 0. The summed E-state index contributed by atoms with van der Waals surface area (Å²) >= 11 is 0. The Morgan fingerprint density at radius 3 is 2.17 bits per heavy atom. The van der Waals surface area contributed by atoms with Crippen molar-refractivity contribution < 1.29 is 17.5 Å². The molecule has 4 nitrogen and oxygen atoms in total. The van der Waals surface area contributed by atoms with E-state index in [2.05, 4.69) is 13.0 Å². The lowest BCUT2D eigenvalue weighted by molar-refractivity contribution is -0.00000678. The molecule has 0 fully saturated rings. The maximum absolute atomic E-state index is 10.5. The summed E-state index contributed by atoms with van der Waals surface area (Å²) in [6, 6.07) is 17.7. The number of aliphatic hydroxyl groups is 1. The number of rotatable bonds is 6. The molecule has 2 aromatic carbocycles. The molecular formula is C19H23ClN3O-. The summed E-state index contributed by atoms with van der Waals surface area (Å²) in [5.74, 6) is 0. The van der Waals surface area contributed by atoms with E-state index in [0.29, 0.717) is 12.2 Å². The van der Waals surface area contributed by atoms with Gasteiger partial charge >= 0.3 is 0 Å². The fraction of sp³-hybridized carbons (Fsp3) is 0.316. The number of imidazole rings is 1. The molecule has 0 aliphatic heterocycles. The zero-order valence-corrected chi connectivity index (χ0v) is 14.6. The van der Waals surface area contributed by atoms with Gasteiger partial charge in [0.05, 0.1) is 23.7 Å². The number of halogens is 1. The molecule has 128 valence electrons. The minimum absolute atomic E-state index is 0. The van der Waals surface area contributed by atoms with Crippen molar-refractivity contribution in [2.24, 2.45) is 0 Å². The first-order valence-electron chi connectivity index (χ1n) is 8.18. The highest BCUT2D eigenvalue weighted by molar-refractivity contribution is 5.75. The number of aromatic nitrogens is 2. The molecule has 0 amide bonds. The van der Waals surface area contributed by atoms with Crippen LogP contribution >= 0.6 is 0 Å². The van der Waals surface area contributed by atoms with Crippen molar-refractivity contribution >= 4 is 11.0 Å². The fourth-order valence-corrected chi connectivity index (χ4v) is 2.98. The SMILES string of the molecule is CCCCn1c(=N)n(CC(O)c2ccccc2)c2ccccc21.[Cl-]. The number of nitrogens with one attached hydrogen (secondary N) is 1. The van der Waals surface area contributed by atoms with E-state index in [1.54, 1.807) is 0 Å². The molecule has 1 heterocycles. The van der Waals surface area contributed by atoms with Gasteiger partial charge in [0.2, 0.25) is 5.62 Å². The van der Waals surface area contributed by atoms with E-state index in [0.717, 1.165) is 36.0 Å². The number of unbranched alkanes of at least 4 members (excludes halogenated alkanes) is 1. The van der Waals surface area contributed by atoms with E-state index in [-0.39, 0.29) is 12.4 Å². The number of aryl methyl sites for hydroxylation is 1. The zero-order chi connectivity index (χ0) is 16.2. The predicted octanol–water partition coefficient (Wildman–Crippen LogP) is 0.460. The Morgan fingerprint density at radius 2 is 1.54 bits per heavy atom. The van der Waals surface area contributed by atoms with Crippen LogP contribution in [-0.4, -0.2) is 14.2 Å². The minimum atomic E-state index is -0.615. The number of nitrogens with zero attached hydrogens (tertiary/aromatic N) is 2. The van der Waals surface area contributed by atoms with Gasteiger partial charge in [-0.3, -0.25) is 5.41 Å². The molecule has 0 radical (unpaired) electrons. The van der Waals surface area contributed by atoms with Crippen LogP contribution in [0.4, 0.5) is 0 Å². The molecule has 0 aliphatic carbocycles. The van der Waals surface area contributed by atoms with Crippen molar-refractivity contribution in [3.63, 3.8) is 0 Å². The van der Waals surface area contributed by atoms with Crippen LogP contribution in [0.25, 0.3) is 11.0 Å². The molecule has 3 rings (SSSR count). The van der Waals surface area contributed by atoms with Gasteiger partial charge < -0.3 is 26.6 Å². The van der Waals surface area contributed by atoms with Gasteiger partial charge in [-0.2, -0.15) is 0 Å². The molecule has 0 aliphatic rings. The monoisotopic (exact) mass is 344 g/mol. The Bertz CT molecular complexity index is 839. The van der Waals surface area contributed by atoms with Crippen LogP contribution in [0.15, 0.2) is 54.6 Å². The zero-order valence-electron chi connectivity index (χ0n) is 13.8. The van der Waals surface area contributed by atoms with Crippen molar-refractivity contribution in [2.45, 2.75) is 39.0 Å². The summed E-state index contributed by atoms with van der Waals surface area (Å²) in [6.07, 6.45) is 1.53. The van der Waals surface area contributed by atoms with Crippen LogP contribution in [0.5, 0.6) is 0 Å². The molecule has 0 spiro atoms. The highest BCUT2D eigenvalue weighted by Gasteiger charge is 2.14. The standard InChI is InChI=1S/C19H23N3O.ClH/c1-2-3-13-21-16-11-7-8-12-17(16)22(19(21)20)14-18(23)15-9-5-4-6-10-15;/h4-12,18,20,23H,2-3,13-14H2,1H3;1H/p-1. The van der Waals surface area contributed by atoms with Crippen molar-refractivity contribution in [1.82, 2.24) is 9.13 Å². The van der Waals surface area contributed by atoms with Gasteiger partial charge in [-0.25, -0.2) is 0 Å². The van der Waals surface area contributed by atoms with Gasteiger partial charge in [0, 0.05) is 6.54 Å². The first kappa shape index (κ1) is 18.3. The minimum Gasteiger partial charge on any atom is -1.00 e. The molecule has 2 N–H and O–H groups in total. The van der Waals surface area contributed by atoms with Crippen LogP contribution in [0, 0.1) is 5.41 Å². The van der Waals surface area contributed by atoms with E-state index >= 15 is 0 Å². The molecule has 0 saturated carbocycles. The topological polar surface area (TPSA) is 53.9 Å². The highest BCUT2D eigenvalue weighted by Crippen LogP contribution is 2.18.